The molecule has 2 saturated heterocycles. The molecule has 1 N–H and O–H groups in total. The standard InChI is InChI=1S/C14H23N5O4S.CH2O2/c1-24(21,22)19-6-12-5-17(7-13(19)9-23-8-12)14(20)3-2-4-18-11-15-10-16-18;2-1-3/h10-13H,2-9H2,1H3;1H,(H,2,3)/t12-,13-;/m0./s1. The van der Waals surface area contributed by atoms with E-state index in [2.05, 4.69) is 10.1 Å². The van der Waals surface area contributed by atoms with Gasteiger partial charge in [0.25, 0.3) is 6.47 Å². The monoisotopic (exact) mass is 403 g/mol. The summed E-state index contributed by atoms with van der Waals surface area (Å²) in [5.74, 6) is 0.0776. The van der Waals surface area contributed by atoms with E-state index >= 15 is 0 Å². The van der Waals surface area contributed by atoms with Crippen molar-refractivity contribution in [3.8, 4) is 0 Å². The molecule has 2 bridgehead atoms. The number of carbonyl (C=O) groups excluding carboxylic acids is 1. The van der Waals surface area contributed by atoms with Crippen molar-refractivity contribution in [3.05, 3.63) is 12.7 Å². The molecule has 152 valence electrons. The van der Waals surface area contributed by atoms with Crippen LogP contribution < -0.4 is 0 Å². The predicted molar refractivity (Wildman–Crippen MR) is 94.2 cm³/mol. The molecular weight excluding hydrogens is 378 g/mol. The van der Waals surface area contributed by atoms with Crippen LogP contribution in [0.1, 0.15) is 12.8 Å². The third-order valence-electron chi connectivity index (χ3n) is 4.44. The van der Waals surface area contributed by atoms with Crippen molar-refractivity contribution >= 4 is 22.4 Å². The summed E-state index contributed by atoms with van der Waals surface area (Å²) in [6.07, 6.45) is 5.41. The second-order valence-corrected chi connectivity index (χ2v) is 8.49. The zero-order chi connectivity index (χ0) is 19.9. The quantitative estimate of drug-likeness (QED) is 0.611. The van der Waals surface area contributed by atoms with Gasteiger partial charge in [0.15, 0.2) is 0 Å². The SMILES string of the molecule is CS(=O)(=O)N1C[C@H]2COC[C@@H]1CN(C(=O)CCCn1cncn1)C2.O=CO. The number of hydrogen-bond acceptors (Lipinski definition) is 7. The average Bonchev–Trinajstić information content (AvgIpc) is 2.90. The third kappa shape index (κ3) is 6.26. The van der Waals surface area contributed by atoms with Gasteiger partial charge in [0.05, 0.1) is 25.5 Å². The Hall–Kier alpha value is -2.05. The van der Waals surface area contributed by atoms with Crippen LogP contribution in [0.4, 0.5) is 0 Å². The lowest BCUT2D eigenvalue weighted by atomic mass is 10.1. The van der Waals surface area contributed by atoms with Crippen molar-refractivity contribution < 1.29 is 27.9 Å². The van der Waals surface area contributed by atoms with Crippen LogP contribution in [0.25, 0.3) is 0 Å². The maximum absolute atomic E-state index is 12.5. The van der Waals surface area contributed by atoms with Gasteiger partial charge in [-0.25, -0.2) is 13.4 Å². The number of carboxylic acid groups (broad SMARTS) is 1. The highest BCUT2D eigenvalue weighted by Crippen LogP contribution is 2.22. The van der Waals surface area contributed by atoms with Crippen LogP contribution in [0.5, 0.6) is 0 Å². The van der Waals surface area contributed by atoms with E-state index in [-0.39, 0.29) is 24.3 Å². The van der Waals surface area contributed by atoms with E-state index in [1.807, 2.05) is 0 Å². The van der Waals surface area contributed by atoms with Crippen LogP contribution in [0, 0.1) is 5.92 Å². The molecule has 3 rings (SSSR count). The van der Waals surface area contributed by atoms with Crippen LogP contribution in [0.2, 0.25) is 0 Å². The fraction of sp³-hybridized carbons (Fsp3) is 0.733. The van der Waals surface area contributed by atoms with Crippen molar-refractivity contribution in [1.29, 1.82) is 0 Å². The molecule has 2 fully saturated rings. The van der Waals surface area contributed by atoms with Gasteiger partial charge < -0.3 is 14.7 Å². The van der Waals surface area contributed by atoms with Crippen molar-refractivity contribution in [1.82, 2.24) is 24.0 Å². The minimum atomic E-state index is -3.30. The topological polar surface area (TPSA) is 135 Å². The molecule has 0 saturated carbocycles. The Balaban J connectivity index is 0.000000817. The fourth-order valence-electron chi connectivity index (χ4n) is 3.31. The number of carbonyl (C=O) groups is 2. The summed E-state index contributed by atoms with van der Waals surface area (Å²) in [5, 5.41) is 10.9. The van der Waals surface area contributed by atoms with Gasteiger partial charge >= 0.3 is 0 Å². The second kappa shape index (κ2) is 9.76. The first-order valence-electron chi connectivity index (χ1n) is 8.57. The molecule has 1 amide bonds. The summed E-state index contributed by atoms with van der Waals surface area (Å²) in [7, 11) is -3.30. The van der Waals surface area contributed by atoms with Crippen molar-refractivity contribution in [3.63, 3.8) is 0 Å². The second-order valence-electron chi connectivity index (χ2n) is 6.56. The van der Waals surface area contributed by atoms with E-state index in [1.165, 1.54) is 16.9 Å². The molecule has 27 heavy (non-hydrogen) atoms. The van der Waals surface area contributed by atoms with Crippen LogP contribution in [-0.4, -0.2) is 95.0 Å². The molecule has 11 nitrogen and oxygen atoms in total. The molecule has 0 spiro atoms. The number of nitrogens with zero attached hydrogens (tertiary/aromatic N) is 5. The van der Waals surface area contributed by atoms with E-state index in [9.17, 15) is 13.2 Å². The van der Waals surface area contributed by atoms with Crippen LogP contribution >= 0.6 is 0 Å². The Morgan fingerprint density at radius 1 is 1.33 bits per heavy atom. The van der Waals surface area contributed by atoms with E-state index in [1.54, 1.807) is 15.9 Å². The van der Waals surface area contributed by atoms with E-state index in [0.717, 1.165) is 0 Å². The molecular formula is C15H25N5O6S. The highest BCUT2D eigenvalue weighted by atomic mass is 32.2. The maximum Gasteiger partial charge on any atom is 0.290 e. The van der Waals surface area contributed by atoms with E-state index < -0.39 is 10.0 Å². The Labute approximate surface area is 158 Å². The lowest BCUT2D eigenvalue weighted by Gasteiger charge is -2.30. The van der Waals surface area contributed by atoms with Gasteiger partial charge in [0.2, 0.25) is 15.9 Å². The fourth-order valence-corrected chi connectivity index (χ4v) is 4.46. The van der Waals surface area contributed by atoms with E-state index in [0.29, 0.717) is 52.2 Å². The molecule has 0 aromatic carbocycles. The lowest BCUT2D eigenvalue weighted by Crippen LogP contribution is -2.47. The summed E-state index contributed by atoms with van der Waals surface area (Å²) in [4.78, 5) is 26.6. The molecule has 1 aromatic heterocycles. The van der Waals surface area contributed by atoms with Crippen molar-refractivity contribution in [2.45, 2.75) is 25.4 Å². The maximum atomic E-state index is 12.5. The smallest absolute Gasteiger partial charge is 0.290 e. The molecule has 0 aliphatic carbocycles. The van der Waals surface area contributed by atoms with Crippen molar-refractivity contribution in [2.75, 3.05) is 39.1 Å². The van der Waals surface area contributed by atoms with Crippen molar-refractivity contribution in [2.24, 2.45) is 5.92 Å². The van der Waals surface area contributed by atoms with Gasteiger partial charge in [-0.2, -0.15) is 9.40 Å². The summed E-state index contributed by atoms with van der Waals surface area (Å²) >= 11 is 0. The third-order valence-corrected chi connectivity index (χ3v) is 5.74. The molecule has 3 heterocycles. The number of aryl methyl sites for hydroxylation is 1. The highest BCUT2D eigenvalue weighted by Gasteiger charge is 2.38. The largest absolute Gasteiger partial charge is 0.483 e. The average molecular weight is 403 g/mol. The first-order chi connectivity index (χ1) is 12.8. The highest BCUT2D eigenvalue weighted by molar-refractivity contribution is 7.88. The molecule has 1 aromatic rings. The molecule has 2 aliphatic heterocycles. The molecule has 2 atom stereocenters. The number of amides is 1. The van der Waals surface area contributed by atoms with Gasteiger partial charge in [-0.05, 0) is 6.42 Å². The summed E-state index contributed by atoms with van der Waals surface area (Å²) in [6, 6.07) is -0.299. The van der Waals surface area contributed by atoms with Crippen LogP contribution in [0.3, 0.4) is 0 Å². The van der Waals surface area contributed by atoms with Gasteiger partial charge in [-0.1, -0.05) is 0 Å². The zero-order valence-electron chi connectivity index (χ0n) is 15.2. The number of rotatable bonds is 5. The minimum absolute atomic E-state index is 0.0199. The normalized spacial score (nSPS) is 23.1. The Kier molecular flexibility index (Phi) is 7.68. The molecule has 2 aliphatic rings. The zero-order valence-corrected chi connectivity index (χ0v) is 16.0. The number of sulfonamides is 1. The molecule has 0 radical (unpaired) electrons. The predicted octanol–water partition coefficient (Wildman–Crippen LogP) is -1.12. The van der Waals surface area contributed by atoms with Gasteiger partial charge in [-0.15, -0.1) is 0 Å². The van der Waals surface area contributed by atoms with Crippen LogP contribution in [-0.2, 0) is 30.9 Å². The summed E-state index contributed by atoms with van der Waals surface area (Å²) in [6.45, 7) is 2.59. The van der Waals surface area contributed by atoms with Gasteiger partial charge in [0.1, 0.15) is 12.7 Å². The summed E-state index contributed by atoms with van der Waals surface area (Å²) < 4.78 is 32.8. The minimum Gasteiger partial charge on any atom is -0.483 e. The number of fused-ring (bicyclic) bond motifs is 3. The number of ether oxygens (including phenoxy) is 1. The Bertz CT molecular complexity index is 710. The first-order valence-corrected chi connectivity index (χ1v) is 10.4. The lowest BCUT2D eigenvalue weighted by molar-refractivity contribution is -0.133. The Morgan fingerprint density at radius 2 is 2.07 bits per heavy atom. The van der Waals surface area contributed by atoms with E-state index in [4.69, 9.17) is 14.6 Å². The van der Waals surface area contributed by atoms with Crippen LogP contribution in [0.15, 0.2) is 12.7 Å². The number of hydrogen-bond donors (Lipinski definition) is 1. The first kappa shape index (κ1) is 21.3. The number of aromatic nitrogens is 3. The molecule has 0 unspecified atom stereocenters. The molecule has 12 heteroatoms. The summed E-state index contributed by atoms with van der Waals surface area (Å²) in [5.41, 5.74) is 0. The Morgan fingerprint density at radius 3 is 2.70 bits per heavy atom. The van der Waals surface area contributed by atoms with Gasteiger partial charge in [0, 0.05) is 38.5 Å². The van der Waals surface area contributed by atoms with Gasteiger partial charge in [-0.3, -0.25) is 14.3 Å².